The molecule has 0 spiro atoms. The number of fused-ring (bicyclic) bond motifs is 6. The highest BCUT2D eigenvalue weighted by atomic mass is 16.8. The second-order valence-corrected chi connectivity index (χ2v) is 15.6. The van der Waals surface area contributed by atoms with Crippen LogP contribution in [0.5, 0.6) is 5.75 Å². The van der Waals surface area contributed by atoms with Gasteiger partial charge < -0.3 is 43.4 Å². The van der Waals surface area contributed by atoms with Crippen molar-refractivity contribution < 1.29 is 48.2 Å². The van der Waals surface area contributed by atoms with Crippen LogP contribution in [0.2, 0.25) is 0 Å². The molecule has 47 heavy (non-hydrogen) atoms. The van der Waals surface area contributed by atoms with Crippen molar-refractivity contribution in [1.82, 2.24) is 0 Å². The van der Waals surface area contributed by atoms with E-state index in [4.69, 9.17) is 28.4 Å². The number of aldehydes is 1. The van der Waals surface area contributed by atoms with Gasteiger partial charge in [0.15, 0.2) is 12.6 Å². The molecule has 256 valence electrons. The lowest BCUT2D eigenvalue weighted by Gasteiger charge is -2.65. The third kappa shape index (κ3) is 4.72. The summed E-state index contributed by atoms with van der Waals surface area (Å²) in [6, 6.07) is 7.66. The van der Waals surface area contributed by atoms with Crippen LogP contribution in [0.25, 0.3) is 0 Å². The summed E-state index contributed by atoms with van der Waals surface area (Å²) in [7, 11) is 1.64. The molecule has 6 fully saturated rings. The number of aliphatic hydroxyl groups is 2. The topological polar surface area (TPSA) is 130 Å². The van der Waals surface area contributed by atoms with E-state index < -0.39 is 34.6 Å². The van der Waals surface area contributed by atoms with Gasteiger partial charge in [-0.05, 0) is 93.7 Å². The summed E-state index contributed by atoms with van der Waals surface area (Å²) in [5.41, 5.74) is -1.62. The van der Waals surface area contributed by atoms with Gasteiger partial charge >= 0.3 is 5.97 Å². The molecule has 7 aliphatic rings. The number of rotatable bonds is 6. The Bertz CT molecular complexity index is 1430. The molecule has 2 saturated heterocycles. The summed E-state index contributed by atoms with van der Waals surface area (Å²) in [5, 5.41) is 24.9. The zero-order valence-electron chi connectivity index (χ0n) is 27.6. The SMILES string of the molecule is COc1ccc([C@H]2O[C@@H]3[C@@H](C)O[C@@H](O[C@@H]4CC[C@]5(C=O)[C@@H]6CC[C@]7(C)[C@H](C8=CC(=O)OC8)CC[C@]7(O)[C@@H]6CC[C@]5(O)C4)C[C@H]3O2)cc1. The lowest BCUT2D eigenvalue weighted by atomic mass is 9.41. The third-order valence-corrected chi connectivity index (χ3v) is 13.8. The first-order valence-electron chi connectivity index (χ1n) is 17.6. The molecule has 0 bridgehead atoms. The molecular formula is C37H48O10. The van der Waals surface area contributed by atoms with Crippen LogP contribution in [0, 0.1) is 28.6 Å². The molecule has 4 saturated carbocycles. The normalized spacial score (nSPS) is 48.8. The molecule has 0 radical (unpaired) electrons. The van der Waals surface area contributed by atoms with Crippen LogP contribution in [0.3, 0.4) is 0 Å². The largest absolute Gasteiger partial charge is 0.497 e. The minimum atomic E-state index is -1.22. The zero-order valence-corrected chi connectivity index (χ0v) is 27.6. The van der Waals surface area contributed by atoms with Crippen LogP contribution in [-0.2, 0) is 33.3 Å². The summed E-state index contributed by atoms with van der Waals surface area (Å²) in [6.07, 6.45) is 6.74. The maximum absolute atomic E-state index is 13.2. The molecule has 1 aromatic rings. The van der Waals surface area contributed by atoms with Gasteiger partial charge in [-0.1, -0.05) is 19.1 Å². The molecule has 10 heteroatoms. The zero-order chi connectivity index (χ0) is 32.8. The maximum Gasteiger partial charge on any atom is 0.331 e. The van der Waals surface area contributed by atoms with E-state index in [1.807, 2.05) is 31.2 Å². The molecule has 1 aromatic carbocycles. The van der Waals surface area contributed by atoms with Gasteiger partial charge in [0.1, 0.15) is 24.7 Å². The first-order chi connectivity index (χ1) is 22.5. The Morgan fingerprint density at radius 2 is 1.74 bits per heavy atom. The van der Waals surface area contributed by atoms with Crippen molar-refractivity contribution >= 4 is 12.3 Å². The van der Waals surface area contributed by atoms with Crippen LogP contribution < -0.4 is 4.74 Å². The Balaban J connectivity index is 0.948. The van der Waals surface area contributed by atoms with Gasteiger partial charge in [-0.3, -0.25) is 0 Å². The van der Waals surface area contributed by atoms with E-state index in [2.05, 4.69) is 6.92 Å². The van der Waals surface area contributed by atoms with E-state index in [9.17, 15) is 19.8 Å². The van der Waals surface area contributed by atoms with Crippen molar-refractivity contribution in [2.24, 2.45) is 28.6 Å². The van der Waals surface area contributed by atoms with E-state index in [0.29, 0.717) is 51.6 Å². The Hall–Kier alpha value is -2.34. The Labute approximate surface area is 276 Å². The fraction of sp³-hybridized carbons (Fsp3) is 0.730. The molecule has 0 unspecified atom stereocenters. The number of benzene rings is 1. The molecule has 3 heterocycles. The summed E-state index contributed by atoms with van der Waals surface area (Å²) < 4.78 is 36.0. The van der Waals surface area contributed by atoms with E-state index in [0.717, 1.165) is 42.4 Å². The minimum absolute atomic E-state index is 0.0789. The molecule has 0 amide bonds. The number of cyclic esters (lactones) is 1. The third-order valence-electron chi connectivity index (χ3n) is 13.8. The van der Waals surface area contributed by atoms with Crippen molar-refractivity contribution in [3.63, 3.8) is 0 Å². The molecule has 8 rings (SSSR count). The smallest absolute Gasteiger partial charge is 0.331 e. The highest BCUT2D eigenvalue weighted by Gasteiger charge is 2.71. The average Bonchev–Trinajstić information content (AvgIpc) is 3.76. The van der Waals surface area contributed by atoms with Gasteiger partial charge in [-0.2, -0.15) is 0 Å². The van der Waals surface area contributed by atoms with Crippen LogP contribution in [0.15, 0.2) is 35.9 Å². The van der Waals surface area contributed by atoms with Crippen molar-refractivity contribution in [2.45, 2.75) is 126 Å². The molecule has 13 atom stereocenters. The van der Waals surface area contributed by atoms with E-state index in [-0.39, 0.29) is 48.1 Å². The standard InChI is InChI=1S/C37H48O10/c1-21-32-29(46-33(47-32)22-4-6-24(42-3)7-5-22)17-31(44-21)45-25-8-13-35(20-38)27-9-12-34(2)26(23-16-30(39)43-19-23)11-15-37(34,41)28(27)10-14-36(35,40)18-25/h4-7,16,20-21,25-29,31-33,40-41H,8-15,17-19H2,1-3H3/t21-,25-,26+,27-,28-,29-,31+,32-,33-,34-,35+,36+,37+/m1/s1. The van der Waals surface area contributed by atoms with Crippen molar-refractivity contribution in [1.29, 1.82) is 0 Å². The number of ether oxygens (including phenoxy) is 6. The first-order valence-corrected chi connectivity index (χ1v) is 17.6. The first kappa shape index (κ1) is 31.9. The quantitative estimate of drug-likeness (QED) is 0.257. The number of hydrogen-bond donors (Lipinski definition) is 2. The van der Waals surface area contributed by atoms with E-state index >= 15 is 0 Å². The summed E-state index contributed by atoms with van der Waals surface area (Å²) in [5.74, 6) is 0.342. The Morgan fingerprint density at radius 3 is 2.47 bits per heavy atom. The molecule has 4 aliphatic carbocycles. The predicted molar refractivity (Wildman–Crippen MR) is 167 cm³/mol. The molecule has 10 nitrogen and oxygen atoms in total. The molecule has 0 aromatic heterocycles. The van der Waals surface area contributed by atoms with Crippen LogP contribution in [0.1, 0.15) is 89.9 Å². The predicted octanol–water partition coefficient (Wildman–Crippen LogP) is 4.55. The molecule has 2 N–H and O–H groups in total. The summed E-state index contributed by atoms with van der Waals surface area (Å²) in [6.45, 7) is 4.44. The van der Waals surface area contributed by atoms with E-state index in [1.165, 1.54) is 0 Å². The van der Waals surface area contributed by atoms with Gasteiger partial charge in [0, 0.05) is 29.9 Å². The highest BCUT2D eigenvalue weighted by Crippen LogP contribution is 2.70. The van der Waals surface area contributed by atoms with Crippen molar-refractivity contribution in [3.05, 3.63) is 41.5 Å². The van der Waals surface area contributed by atoms with Gasteiger partial charge in [0.25, 0.3) is 0 Å². The lowest BCUT2D eigenvalue weighted by Crippen LogP contribution is -2.69. The van der Waals surface area contributed by atoms with Crippen molar-refractivity contribution in [2.75, 3.05) is 13.7 Å². The van der Waals surface area contributed by atoms with Gasteiger partial charge in [-0.25, -0.2) is 4.79 Å². The highest BCUT2D eigenvalue weighted by molar-refractivity contribution is 5.85. The number of esters is 1. The molecular weight excluding hydrogens is 604 g/mol. The second kappa shape index (κ2) is 11.4. The fourth-order valence-electron chi connectivity index (χ4n) is 11.3. The molecule has 3 aliphatic heterocycles. The van der Waals surface area contributed by atoms with Gasteiger partial charge in [0.05, 0.1) is 42.0 Å². The van der Waals surface area contributed by atoms with Crippen LogP contribution in [-0.4, -0.2) is 78.1 Å². The summed E-state index contributed by atoms with van der Waals surface area (Å²) in [4.78, 5) is 25.1. The Morgan fingerprint density at radius 1 is 0.957 bits per heavy atom. The Kier molecular flexibility index (Phi) is 7.70. The van der Waals surface area contributed by atoms with Crippen molar-refractivity contribution in [3.8, 4) is 5.75 Å². The van der Waals surface area contributed by atoms with Crippen LogP contribution in [0.4, 0.5) is 0 Å². The minimum Gasteiger partial charge on any atom is -0.497 e. The second-order valence-electron chi connectivity index (χ2n) is 15.6. The number of methoxy groups -OCH3 is 1. The number of hydrogen-bond acceptors (Lipinski definition) is 10. The van der Waals surface area contributed by atoms with E-state index in [1.54, 1.807) is 13.2 Å². The monoisotopic (exact) mass is 652 g/mol. The average molecular weight is 653 g/mol. The van der Waals surface area contributed by atoms with Gasteiger partial charge in [-0.15, -0.1) is 0 Å². The maximum atomic E-state index is 13.2. The number of carbonyl (C=O) groups is 2. The number of carbonyl (C=O) groups excluding carboxylic acids is 2. The lowest BCUT2D eigenvalue weighted by molar-refractivity contribution is -0.278. The summed E-state index contributed by atoms with van der Waals surface area (Å²) >= 11 is 0. The fourth-order valence-corrected chi connectivity index (χ4v) is 11.3. The van der Waals surface area contributed by atoms with Crippen LogP contribution >= 0.6 is 0 Å². The van der Waals surface area contributed by atoms with Gasteiger partial charge in [0.2, 0.25) is 0 Å².